The second kappa shape index (κ2) is 8.79. The minimum Gasteiger partial charge on any atom is -0.324 e. The summed E-state index contributed by atoms with van der Waals surface area (Å²) in [5.41, 5.74) is 1.58. The van der Waals surface area contributed by atoms with E-state index < -0.39 is 26.9 Å². The Labute approximate surface area is 174 Å². The number of carbonyl (C=O) groups is 1. The lowest BCUT2D eigenvalue weighted by molar-refractivity contribution is -0.384. The summed E-state index contributed by atoms with van der Waals surface area (Å²) in [7, 11) is -3.92. The second-order valence-corrected chi connectivity index (χ2v) is 8.93. The van der Waals surface area contributed by atoms with E-state index in [1.165, 1.54) is 12.1 Å². The van der Waals surface area contributed by atoms with Gasteiger partial charge in [0.15, 0.2) is 0 Å². The molecule has 0 spiro atoms. The molecule has 156 valence electrons. The average molecular weight is 440 g/mol. The maximum Gasteiger partial charge on any atom is 0.271 e. The van der Waals surface area contributed by atoms with Crippen LogP contribution in [0.2, 0.25) is 5.02 Å². The molecule has 0 aliphatic carbocycles. The molecule has 0 aliphatic heterocycles. The quantitative estimate of drug-likeness (QED) is 0.517. The molecule has 0 radical (unpaired) electrons. The van der Waals surface area contributed by atoms with Crippen molar-refractivity contribution in [3.63, 3.8) is 0 Å². The summed E-state index contributed by atoms with van der Waals surface area (Å²) in [6.45, 7) is 5.11. The normalized spacial score (nSPS) is 12.3. The molecule has 0 saturated heterocycles. The van der Waals surface area contributed by atoms with Crippen molar-refractivity contribution in [2.24, 2.45) is 0 Å². The molecule has 8 nitrogen and oxygen atoms in total. The third kappa shape index (κ3) is 5.24. The van der Waals surface area contributed by atoms with Crippen LogP contribution < -0.4 is 9.62 Å². The number of amides is 1. The Morgan fingerprint density at radius 3 is 2.34 bits per heavy atom. The summed E-state index contributed by atoms with van der Waals surface area (Å²) in [5, 5.41) is 14.3. The van der Waals surface area contributed by atoms with Gasteiger partial charge in [0.05, 0.1) is 16.9 Å². The third-order valence-corrected chi connectivity index (χ3v) is 5.98. The molecule has 2 rings (SSSR count). The van der Waals surface area contributed by atoms with Gasteiger partial charge in [-0.1, -0.05) is 30.7 Å². The Morgan fingerprint density at radius 2 is 1.83 bits per heavy atom. The van der Waals surface area contributed by atoms with Gasteiger partial charge in [0.25, 0.3) is 5.69 Å². The molecule has 1 atom stereocenters. The van der Waals surface area contributed by atoms with Gasteiger partial charge in [0.1, 0.15) is 6.04 Å². The molecule has 0 fully saturated rings. The number of benzene rings is 2. The van der Waals surface area contributed by atoms with Crippen LogP contribution in [0.25, 0.3) is 0 Å². The number of non-ortho nitro benzene ring substituents is 1. The van der Waals surface area contributed by atoms with Gasteiger partial charge in [-0.2, -0.15) is 0 Å². The molecule has 0 heterocycles. The number of nitro benzene ring substituents is 1. The molecule has 0 aromatic heterocycles. The van der Waals surface area contributed by atoms with Crippen LogP contribution in [0.3, 0.4) is 0 Å². The number of sulfonamides is 1. The summed E-state index contributed by atoms with van der Waals surface area (Å²) in [5.74, 6) is -0.566. The molecule has 29 heavy (non-hydrogen) atoms. The number of hydrogen-bond acceptors (Lipinski definition) is 5. The smallest absolute Gasteiger partial charge is 0.271 e. The van der Waals surface area contributed by atoms with Gasteiger partial charge >= 0.3 is 0 Å². The fraction of sp³-hybridized carbons (Fsp3) is 0.316. The van der Waals surface area contributed by atoms with E-state index in [4.69, 9.17) is 11.6 Å². The highest BCUT2D eigenvalue weighted by Gasteiger charge is 2.33. The van der Waals surface area contributed by atoms with Crippen molar-refractivity contribution in [2.45, 2.75) is 33.2 Å². The molecular formula is C19H22ClN3O5S. The zero-order valence-electron chi connectivity index (χ0n) is 16.5. The molecule has 0 bridgehead atoms. The largest absolute Gasteiger partial charge is 0.324 e. The minimum absolute atomic E-state index is 0.0886. The van der Waals surface area contributed by atoms with Crippen molar-refractivity contribution in [1.29, 1.82) is 0 Å². The first kappa shape index (κ1) is 22.6. The third-order valence-electron chi connectivity index (χ3n) is 4.41. The van der Waals surface area contributed by atoms with Crippen LogP contribution in [-0.2, 0) is 14.8 Å². The van der Waals surface area contributed by atoms with Crippen LogP contribution in [-0.4, -0.2) is 31.5 Å². The number of nitrogens with zero attached hydrogens (tertiary/aromatic N) is 2. The summed E-state index contributed by atoms with van der Waals surface area (Å²) >= 11 is 6.09. The summed E-state index contributed by atoms with van der Waals surface area (Å²) in [6.07, 6.45) is 1.12. The van der Waals surface area contributed by atoms with Crippen LogP contribution in [0.5, 0.6) is 0 Å². The van der Waals surface area contributed by atoms with Crippen LogP contribution >= 0.6 is 11.6 Å². The number of halogens is 1. The van der Waals surface area contributed by atoms with Gasteiger partial charge in [-0.15, -0.1) is 0 Å². The fourth-order valence-corrected chi connectivity index (χ4v) is 4.32. The monoisotopic (exact) mass is 439 g/mol. The molecule has 2 aromatic carbocycles. The molecule has 0 aliphatic rings. The lowest BCUT2D eigenvalue weighted by atomic mass is 10.1. The zero-order chi connectivity index (χ0) is 21.9. The summed E-state index contributed by atoms with van der Waals surface area (Å²) in [4.78, 5) is 23.5. The van der Waals surface area contributed by atoms with Gasteiger partial charge in [-0.05, 0) is 43.5 Å². The molecular weight excluding hydrogens is 418 g/mol. The molecule has 10 heteroatoms. The highest BCUT2D eigenvalue weighted by molar-refractivity contribution is 7.92. The van der Waals surface area contributed by atoms with Crippen molar-refractivity contribution in [3.8, 4) is 0 Å². The number of anilines is 2. The Kier molecular flexibility index (Phi) is 6.86. The van der Waals surface area contributed by atoms with E-state index >= 15 is 0 Å². The van der Waals surface area contributed by atoms with E-state index in [1.54, 1.807) is 32.0 Å². The Balaban J connectivity index is 2.49. The van der Waals surface area contributed by atoms with E-state index in [0.717, 1.165) is 22.2 Å². The number of nitrogens with one attached hydrogen (secondary N) is 1. The van der Waals surface area contributed by atoms with E-state index in [0.29, 0.717) is 16.3 Å². The van der Waals surface area contributed by atoms with Gasteiger partial charge in [-0.3, -0.25) is 19.2 Å². The number of rotatable bonds is 7. The minimum atomic E-state index is -3.92. The lowest BCUT2D eigenvalue weighted by Crippen LogP contribution is -2.47. The SMILES string of the molecule is CC[C@H](C(=O)Nc1ccc(C)c(Cl)c1)N(c1cc([N+](=O)[O-])ccc1C)S(C)(=O)=O. The van der Waals surface area contributed by atoms with Gasteiger partial charge in [-0.25, -0.2) is 8.42 Å². The molecule has 1 amide bonds. The van der Waals surface area contributed by atoms with Crippen molar-refractivity contribution in [2.75, 3.05) is 15.9 Å². The van der Waals surface area contributed by atoms with Gasteiger partial charge in [0.2, 0.25) is 15.9 Å². The predicted octanol–water partition coefficient (Wildman–Crippen LogP) is 4.05. The first-order valence-electron chi connectivity index (χ1n) is 8.77. The lowest BCUT2D eigenvalue weighted by Gasteiger charge is -2.31. The predicted molar refractivity (Wildman–Crippen MR) is 114 cm³/mol. The van der Waals surface area contributed by atoms with Gasteiger partial charge < -0.3 is 5.32 Å². The van der Waals surface area contributed by atoms with Crippen LogP contribution in [0.1, 0.15) is 24.5 Å². The first-order valence-corrected chi connectivity index (χ1v) is 11.0. The second-order valence-electron chi connectivity index (χ2n) is 6.66. The maximum atomic E-state index is 12.9. The van der Waals surface area contributed by atoms with Crippen molar-refractivity contribution < 1.29 is 18.1 Å². The highest BCUT2D eigenvalue weighted by atomic mass is 35.5. The topological polar surface area (TPSA) is 110 Å². The number of carbonyl (C=O) groups excluding carboxylic acids is 1. The van der Waals surface area contributed by atoms with Crippen molar-refractivity contribution >= 4 is 44.6 Å². The average Bonchev–Trinajstić information content (AvgIpc) is 2.62. The van der Waals surface area contributed by atoms with E-state index in [1.807, 2.05) is 6.92 Å². The van der Waals surface area contributed by atoms with Crippen LogP contribution in [0, 0.1) is 24.0 Å². The Morgan fingerprint density at radius 1 is 1.21 bits per heavy atom. The van der Waals surface area contributed by atoms with E-state index in [2.05, 4.69) is 5.32 Å². The maximum absolute atomic E-state index is 12.9. The fourth-order valence-electron chi connectivity index (χ4n) is 2.88. The molecule has 1 N–H and O–H groups in total. The Bertz CT molecular complexity index is 1060. The summed E-state index contributed by atoms with van der Waals surface area (Å²) in [6, 6.07) is 7.77. The Hall–Kier alpha value is -2.65. The standard InChI is InChI=1S/C19H22ClN3O5S/c1-5-17(19(24)21-14-8-6-12(2)16(20)10-14)22(29(4,27)28)18-11-15(23(25)26)9-7-13(18)3/h6-11,17H,5H2,1-4H3,(H,21,24)/t17-/m1/s1. The van der Waals surface area contributed by atoms with E-state index in [9.17, 15) is 23.3 Å². The van der Waals surface area contributed by atoms with Crippen molar-refractivity contribution in [1.82, 2.24) is 0 Å². The molecule has 0 unspecified atom stereocenters. The van der Waals surface area contributed by atoms with E-state index in [-0.39, 0.29) is 17.8 Å². The van der Waals surface area contributed by atoms with Gasteiger partial charge in [0, 0.05) is 22.8 Å². The van der Waals surface area contributed by atoms with Crippen LogP contribution in [0.15, 0.2) is 36.4 Å². The number of nitro groups is 1. The van der Waals surface area contributed by atoms with Crippen molar-refractivity contribution in [3.05, 3.63) is 62.7 Å². The highest BCUT2D eigenvalue weighted by Crippen LogP contribution is 2.30. The number of aryl methyl sites for hydroxylation is 2. The summed E-state index contributed by atoms with van der Waals surface area (Å²) < 4.78 is 26.1. The first-order chi connectivity index (χ1) is 13.5. The molecule has 0 saturated carbocycles. The number of hydrogen-bond donors (Lipinski definition) is 1. The van der Waals surface area contributed by atoms with Crippen LogP contribution in [0.4, 0.5) is 17.1 Å². The zero-order valence-corrected chi connectivity index (χ0v) is 18.0. The molecule has 2 aromatic rings.